The number of fused-ring (bicyclic) bond motifs is 1. The van der Waals surface area contributed by atoms with E-state index < -0.39 is 42.3 Å². The maximum atomic E-state index is 13.5. The number of hydrogen-bond acceptors (Lipinski definition) is 5. The lowest BCUT2D eigenvalue weighted by atomic mass is 9.87. The quantitative estimate of drug-likeness (QED) is 0.544. The molecule has 3 unspecified atom stereocenters. The highest BCUT2D eigenvalue weighted by molar-refractivity contribution is 7.53. The molecule has 2 aromatic carbocycles. The molecule has 0 spiro atoms. The fourth-order valence-corrected chi connectivity index (χ4v) is 5.44. The smallest absolute Gasteiger partial charge is 0.358 e. The molecule has 2 heterocycles. The maximum absolute atomic E-state index is 13.5. The van der Waals surface area contributed by atoms with Crippen LogP contribution in [0, 0.1) is 17.7 Å². The number of aliphatic imine (C=N–C) groups is 1. The summed E-state index contributed by atoms with van der Waals surface area (Å²) in [4.78, 5) is 51.5. The van der Waals surface area contributed by atoms with E-state index in [0.717, 1.165) is 23.2 Å². The minimum absolute atomic E-state index is 0.00791. The molecule has 2 aliphatic heterocycles. The predicted molar refractivity (Wildman–Crippen MR) is 106 cm³/mol. The van der Waals surface area contributed by atoms with Crippen molar-refractivity contribution >= 4 is 42.9 Å². The number of rotatable bonds is 4. The zero-order valence-electron chi connectivity index (χ0n) is 15.4. The largest absolute Gasteiger partial charge is 0.497 e. The molecule has 2 N–H and O–H groups in total. The van der Waals surface area contributed by atoms with Crippen LogP contribution >= 0.6 is 19.2 Å². The fraction of sp³-hybridized carbons (Fsp3) is 0.211. The molecular weight excluding hydrogens is 438 g/mol. The molecule has 2 aliphatic rings. The van der Waals surface area contributed by atoms with Gasteiger partial charge in [0.25, 0.3) is 0 Å². The predicted octanol–water partition coefficient (Wildman–Crippen LogP) is 2.71. The van der Waals surface area contributed by atoms with E-state index in [4.69, 9.17) is 16.3 Å². The van der Waals surface area contributed by atoms with Crippen LogP contribution in [0.15, 0.2) is 47.5 Å². The van der Waals surface area contributed by atoms with Gasteiger partial charge in [0.2, 0.25) is 11.8 Å². The molecule has 3 atom stereocenters. The Hall–Kier alpha value is -2.58. The molecule has 30 heavy (non-hydrogen) atoms. The minimum atomic E-state index is -5.08. The van der Waals surface area contributed by atoms with Crippen molar-refractivity contribution in [1.82, 2.24) is 0 Å². The molecule has 2 amide bonds. The third kappa shape index (κ3) is 2.81. The molecule has 0 saturated carbocycles. The van der Waals surface area contributed by atoms with Crippen molar-refractivity contribution in [3.63, 3.8) is 0 Å². The van der Waals surface area contributed by atoms with E-state index in [0.29, 0.717) is 5.75 Å². The zero-order valence-corrected chi connectivity index (χ0v) is 17.0. The van der Waals surface area contributed by atoms with E-state index in [2.05, 4.69) is 4.99 Å². The van der Waals surface area contributed by atoms with Crippen LogP contribution in [0.5, 0.6) is 5.75 Å². The summed E-state index contributed by atoms with van der Waals surface area (Å²) < 4.78 is 31.2. The molecule has 4 rings (SSSR count). The Bertz CT molecular complexity index is 1130. The standard InChI is InChI=1S/C19H15ClFN2O6P/c1-29-12-5-2-10(3-6-12)19(30(26,27)28)16-13(9-22-19)17(24)23(18(16)25)11-4-7-15(21)14(20)8-11/h2-9,13,16H,1H3,(H2,26,27,28). The van der Waals surface area contributed by atoms with E-state index in [1.54, 1.807) is 0 Å². The van der Waals surface area contributed by atoms with Crippen molar-refractivity contribution in [3.8, 4) is 5.75 Å². The highest BCUT2D eigenvalue weighted by Crippen LogP contribution is 2.66. The van der Waals surface area contributed by atoms with Crippen LogP contribution in [-0.4, -0.2) is 34.9 Å². The Morgan fingerprint density at radius 1 is 1.17 bits per heavy atom. The van der Waals surface area contributed by atoms with E-state index in [1.807, 2.05) is 0 Å². The number of anilines is 1. The number of nitrogens with zero attached hydrogens (tertiary/aromatic N) is 2. The van der Waals surface area contributed by atoms with Gasteiger partial charge in [0.15, 0.2) is 5.28 Å². The van der Waals surface area contributed by atoms with Crippen LogP contribution < -0.4 is 9.64 Å². The highest BCUT2D eigenvalue weighted by Gasteiger charge is 2.68. The Labute approximate surface area is 175 Å². The summed E-state index contributed by atoms with van der Waals surface area (Å²) in [6.45, 7) is 0. The monoisotopic (exact) mass is 452 g/mol. The molecule has 0 bridgehead atoms. The third-order valence-electron chi connectivity index (χ3n) is 5.34. The number of methoxy groups -OCH3 is 1. The molecule has 1 fully saturated rings. The van der Waals surface area contributed by atoms with Gasteiger partial charge >= 0.3 is 7.60 Å². The average molecular weight is 453 g/mol. The first-order chi connectivity index (χ1) is 14.1. The molecule has 156 valence electrons. The molecule has 0 radical (unpaired) electrons. The van der Waals surface area contributed by atoms with Crippen LogP contribution in [-0.2, 0) is 19.4 Å². The number of amides is 2. The van der Waals surface area contributed by atoms with Gasteiger partial charge in [0.1, 0.15) is 11.6 Å². The second-order valence-corrected chi connectivity index (χ2v) is 9.07. The lowest BCUT2D eigenvalue weighted by Gasteiger charge is -2.32. The highest BCUT2D eigenvalue weighted by atomic mass is 35.5. The van der Waals surface area contributed by atoms with Crippen LogP contribution in [0.1, 0.15) is 5.56 Å². The van der Waals surface area contributed by atoms with Crippen LogP contribution in [0.25, 0.3) is 0 Å². The number of halogens is 2. The number of benzene rings is 2. The average Bonchev–Trinajstić information content (AvgIpc) is 3.22. The Morgan fingerprint density at radius 3 is 2.40 bits per heavy atom. The fourth-order valence-electron chi connectivity index (χ4n) is 3.93. The van der Waals surface area contributed by atoms with Gasteiger partial charge < -0.3 is 14.5 Å². The third-order valence-corrected chi connectivity index (χ3v) is 7.17. The van der Waals surface area contributed by atoms with Gasteiger partial charge in [-0.3, -0.25) is 19.1 Å². The molecule has 2 aromatic rings. The van der Waals surface area contributed by atoms with Crippen molar-refractivity contribution in [1.29, 1.82) is 0 Å². The normalized spacial score (nSPS) is 25.7. The first kappa shape index (κ1) is 20.7. The lowest BCUT2D eigenvalue weighted by molar-refractivity contribution is -0.123. The number of hydrogen-bond donors (Lipinski definition) is 2. The second-order valence-electron chi connectivity index (χ2n) is 6.89. The summed E-state index contributed by atoms with van der Waals surface area (Å²) in [6.07, 6.45) is 1.10. The Balaban J connectivity index is 1.85. The second kappa shape index (κ2) is 6.99. The van der Waals surface area contributed by atoms with Crippen molar-refractivity contribution in [2.24, 2.45) is 16.8 Å². The lowest BCUT2D eigenvalue weighted by Crippen LogP contribution is -2.39. The zero-order chi connectivity index (χ0) is 21.8. The summed E-state index contributed by atoms with van der Waals surface area (Å²) in [5.74, 6) is -4.53. The van der Waals surface area contributed by atoms with Crippen molar-refractivity contribution < 1.29 is 33.1 Å². The van der Waals surface area contributed by atoms with Gasteiger partial charge in [0.05, 0.1) is 29.7 Å². The van der Waals surface area contributed by atoms with Gasteiger partial charge in [-0.2, -0.15) is 0 Å². The SMILES string of the molecule is COc1ccc(C2(P(=O)(O)O)N=CC3C(=O)N(c4ccc(F)c(Cl)c4)C(=O)C32)cc1. The van der Waals surface area contributed by atoms with Gasteiger partial charge in [-0.1, -0.05) is 23.7 Å². The van der Waals surface area contributed by atoms with Gasteiger partial charge in [-0.25, -0.2) is 9.29 Å². The number of carbonyl (C=O) groups excluding carboxylic acids is 2. The summed E-state index contributed by atoms with van der Waals surface area (Å²) in [6, 6.07) is 9.06. The molecule has 11 heteroatoms. The molecular formula is C19H15ClFN2O6P. The van der Waals surface area contributed by atoms with Gasteiger partial charge in [-0.15, -0.1) is 0 Å². The Morgan fingerprint density at radius 2 is 1.83 bits per heavy atom. The summed E-state index contributed by atoms with van der Waals surface area (Å²) in [5.41, 5.74) is 0.0778. The molecule has 8 nitrogen and oxygen atoms in total. The van der Waals surface area contributed by atoms with Crippen LogP contribution in [0.3, 0.4) is 0 Å². The topological polar surface area (TPSA) is 116 Å². The maximum Gasteiger partial charge on any atom is 0.358 e. The summed E-state index contributed by atoms with van der Waals surface area (Å²) in [7, 11) is -3.65. The van der Waals surface area contributed by atoms with E-state index in [9.17, 15) is 28.3 Å². The van der Waals surface area contributed by atoms with Crippen molar-refractivity contribution in [2.45, 2.75) is 5.28 Å². The number of imide groups is 1. The van der Waals surface area contributed by atoms with Crippen LogP contribution in [0.4, 0.5) is 10.1 Å². The van der Waals surface area contributed by atoms with Gasteiger partial charge in [-0.05, 0) is 35.9 Å². The summed E-state index contributed by atoms with van der Waals surface area (Å²) >= 11 is 5.77. The molecule has 0 aromatic heterocycles. The number of carbonyl (C=O) groups is 2. The van der Waals surface area contributed by atoms with Crippen molar-refractivity contribution in [2.75, 3.05) is 12.0 Å². The van der Waals surface area contributed by atoms with E-state index in [1.165, 1.54) is 37.4 Å². The molecule has 1 saturated heterocycles. The molecule has 0 aliphatic carbocycles. The van der Waals surface area contributed by atoms with Gasteiger partial charge in [0, 0.05) is 6.21 Å². The van der Waals surface area contributed by atoms with E-state index >= 15 is 0 Å². The van der Waals surface area contributed by atoms with Crippen molar-refractivity contribution in [3.05, 3.63) is 58.9 Å². The first-order valence-electron chi connectivity index (χ1n) is 8.70. The minimum Gasteiger partial charge on any atom is -0.497 e. The summed E-state index contributed by atoms with van der Waals surface area (Å²) in [5, 5.41) is -2.56. The Kier molecular flexibility index (Phi) is 4.82. The number of ether oxygens (including phenoxy) is 1. The van der Waals surface area contributed by atoms with E-state index in [-0.39, 0.29) is 16.3 Å². The van der Waals surface area contributed by atoms with Crippen LogP contribution in [0.2, 0.25) is 5.02 Å². The first-order valence-corrected chi connectivity index (χ1v) is 10.7.